The van der Waals surface area contributed by atoms with Gasteiger partial charge < -0.3 is 25.3 Å². The summed E-state index contributed by atoms with van der Waals surface area (Å²) in [5.74, 6) is 0.708. The Morgan fingerprint density at radius 1 is 1.45 bits per heavy atom. The van der Waals surface area contributed by atoms with Gasteiger partial charge in [0.15, 0.2) is 0 Å². The van der Waals surface area contributed by atoms with Crippen LogP contribution in [0, 0.1) is 0 Å². The van der Waals surface area contributed by atoms with E-state index in [-0.39, 0.29) is 11.7 Å². The van der Waals surface area contributed by atoms with E-state index in [1.807, 2.05) is 32.0 Å². The zero-order valence-corrected chi connectivity index (χ0v) is 12.4. The Morgan fingerprint density at radius 2 is 2.25 bits per heavy atom. The van der Waals surface area contributed by atoms with Gasteiger partial charge in [-0.3, -0.25) is 0 Å². The molecular formula is C15H24N2O3. The molecule has 0 amide bonds. The molecule has 0 saturated carbocycles. The Labute approximate surface area is 120 Å². The number of benzene rings is 1. The summed E-state index contributed by atoms with van der Waals surface area (Å²) in [6.45, 7) is 5.98. The number of nitrogens with two attached hydrogens (primary N) is 1. The summed E-state index contributed by atoms with van der Waals surface area (Å²) in [6, 6.07) is 5.76. The number of para-hydroxylation sites is 1. The topological polar surface area (TPSA) is 65.7 Å². The number of methoxy groups -OCH3 is 1. The van der Waals surface area contributed by atoms with E-state index in [1.165, 1.54) is 0 Å². The SMILES string of the molecule is COC1(CNc2cccc(OC(C)C)c2N)CCOC1. The summed E-state index contributed by atoms with van der Waals surface area (Å²) >= 11 is 0. The van der Waals surface area contributed by atoms with Crippen LogP contribution in [-0.4, -0.2) is 38.6 Å². The van der Waals surface area contributed by atoms with Crippen LogP contribution in [-0.2, 0) is 9.47 Å². The fourth-order valence-electron chi connectivity index (χ4n) is 2.27. The van der Waals surface area contributed by atoms with E-state index in [4.69, 9.17) is 19.9 Å². The van der Waals surface area contributed by atoms with Gasteiger partial charge in [-0.15, -0.1) is 0 Å². The van der Waals surface area contributed by atoms with E-state index in [0.29, 0.717) is 24.6 Å². The third-order valence-corrected chi connectivity index (χ3v) is 3.53. The van der Waals surface area contributed by atoms with E-state index < -0.39 is 0 Å². The van der Waals surface area contributed by atoms with E-state index in [1.54, 1.807) is 7.11 Å². The van der Waals surface area contributed by atoms with Crippen LogP contribution in [0.5, 0.6) is 5.75 Å². The van der Waals surface area contributed by atoms with Gasteiger partial charge in [0, 0.05) is 26.7 Å². The van der Waals surface area contributed by atoms with Gasteiger partial charge in [-0.1, -0.05) is 6.07 Å². The highest BCUT2D eigenvalue weighted by atomic mass is 16.5. The highest BCUT2D eigenvalue weighted by Crippen LogP contribution is 2.31. The predicted molar refractivity (Wildman–Crippen MR) is 80.3 cm³/mol. The van der Waals surface area contributed by atoms with Crippen molar-refractivity contribution in [2.75, 3.05) is 37.9 Å². The molecule has 1 aromatic carbocycles. The van der Waals surface area contributed by atoms with Crippen LogP contribution in [0.3, 0.4) is 0 Å². The zero-order chi connectivity index (χ0) is 14.6. The predicted octanol–water partition coefficient (Wildman–Crippen LogP) is 2.27. The molecule has 1 aliphatic rings. The van der Waals surface area contributed by atoms with Crippen LogP contribution >= 0.6 is 0 Å². The molecule has 0 aromatic heterocycles. The Kier molecular flexibility index (Phi) is 4.73. The minimum absolute atomic E-state index is 0.0982. The Bertz CT molecular complexity index is 443. The fourth-order valence-corrected chi connectivity index (χ4v) is 2.27. The summed E-state index contributed by atoms with van der Waals surface area (Å²) < 4.78 is 16.7. The highest BCUT2D eigenvalue weighted by molar-refractivity contribution is 5.73. The van der Waals surface area contributed by atoms with E-state index in [2.05, 4.69) is 5.32 Å². The van der Waals surface area contributed by atoms with Gasteiger partial charge in [-0.25, -0.2) is 0 Å². The molecule has 3 N–H and O–H groups in total. The monoisotopic (exact) mass is 280 g/mol. The van der Waals surface area contributed by atoms with E-state index in [0.717, 1.165) is 18.7 Å². The first-order chi connectivity index (χ1) is 9.56. The number of ether oxygens (including phenoxy) is 3. The van der Waals surface area contributed by atoms with Crippen LogP contribution in [0.2, 0.25) is 0 Å². The first-order valence-corrected chi connectivity index (χ1v) is 6.98. The van der Waals surface area contributed by atoms with E-state index >= 15 is 0 Å². The van der Waals surface area contributed by atoms with E-state index in [9.17, 15) is 0 Å². The van der Waals surface area contributed by atoms with Crippen molar-refractivity contribution in [3.05, 3.63) is 18.2 Å². The third-order valence-electron chi connectivity index (χ3n) is 3.53. The molecule has 1 heterocycles. The lowest BCUT2D eigenvalue weighted by molar-refractivity contribution is -0.00619. The number of nitrogens with one attached hydrogen (secondary N) is 1. The molecule has 1 aliphatic heterocycles. The molecule has 1 unspecified atom stereocenters. The molecule has 1 fully saturated rings. The maximum atomic E-state index is 6.14. The fraction of sp³-hybridized carbons (Fsp3) is 0.600. The molecule has 2 rings (SSSR count). The number of nitrogen functional groups attached to an aromatic ring is 1. The van der Waals surface area contributed by atoms with Gasteiger partial charge in [-0.2, -0.15) is 0 Å². The number of anilines is 2. The van der Waals surface area contributed by atoms with Crippen LogP contribution in [0.25, 0.3) is 0 Å². The second-order valence-corrected chi connectivity index (χ2v) is 5.43. The van der Waals surface area contributed by atoms with Gasteiger partial charge >= 0.3 is 0 Å². The van der Waals surface area contributed by atoms with Gasteiger partial charge in [0.25, 0.3) is 0 Å². The summed E-state index contributed by atoms with van der Waals surface area (Å²) in [6.07, 6.45) is 0.986. The maximum Gasteiger partial charge on any atom is 0.144 e. The van der Waals surface area contributed by atoms with Crippen molar-refractivity contribution in [1.82, 2.24) is 0 Å². The average molecular weight is 280 g/mol. The van der Waals surface area contributed by atoms with Crippen LogP contribution in [0.1, 0.15) is 20.3 Å². The van der Waals surface area contributed by atoms with Crippen molar-refractivity contribution in [3.63, 3.8) is 0 Å². The van der Waals surface area contributed by atoms with Gasteiger partial charge in [0.05, 0.1) is 24.1 Å². The second kappa shape index (κ2) is 6.33. The summed E-state index contributed by atoms with van der Waals surface area (Å²) in [5, 5.41) is 3.35. The number of hydrogen-bond acceptors (Lipinski definition) is 5. The molecule has 0 spiro atoms. The lowest BCUT2D eigenvalue weighted by Crippen LogP contribution is -2.39. The summed E-state index contributed by atoms with van der Waals surface area (Å²) in [5.41, 5.74) is 7.38. The minimum Gasteiger partial charge on any atom is -0.489 e. The van der Waals surface area contributed by atoms with Crippen molar-refractivity contribution in [2.45, 2.75) is 32.0 Å². The molecular weight excluding hydrogens is 256 g/mol. The molecule has 112 valence electrons. The minimum atomic E-state index is -0.263. The smallest absolute Gasteiger partial charge is 0.144 e. The molecule has 5 heteroatoms. The Balaban J connectivity index is 2.06. The van der Waals surface area contributed by atoms with Crippen LogP contribution in [0.4, 0.5) is 11.4 Å². The first-order valence-electron chi connectivity index (χ1n) is 6.98. The molecule has 5 nitrogen and oxygen atoms in total. The number of hydrogen-bond donors (Lipinski definition) is 2. The maximum absolute atomic E-state index is 6.14. The van der Waals surface area contributed by atoms with Crippen molar-refractivity contribution < 1.29 is 14.2 Å². The second-order valence-electron chi connectivity index (χ2n) is 5.43. The van der Waals surface area contributed by atoms with Gasteiger partial charge in [0.2, 0.25) is 0 Å². The Hall–Kier alpha value is -1.46. The molecule has 0 bridgehead atoms. The normalized spacial score (nSPS) is 22.2. The lowest BCUT2D eigenvalue weighted by Gasteiger charge is -2.27. The average Bonchev–Trinajstić information content (AvgIpc) is 2.89. The summed E-state index contributed by atoms with van der Waals surface area (Å²) in [4.78, 5) is 0. The van der Waals surface area contributed by atoms with Gasteiger partial charge in [0.1, 0.15) is 11.4 Å². The zero-order valence-electron chi connectivity index (χ0n) is 12.4. The molecule has 1 atom stereocenters. The first kappa shape index (κ1) is 14.9. The van der Waals surface area contributed by atoms with Gasteiger partial charge in [-0.05, 0) is 26.0 Å². The van der Waals surface area contributed by atoms with Crippen molar-refractivity contribution in [3.8, 4) is 5.75 Å². The lowest BCUT2D eigenvalue weighted by atomic mass is 10.0. The standard InChI is InChI=1S/C15H24N2O3/c1-11(2)20-13-6-4-5-12(14(13)16)17-9-15(18-3)7-8-19-10-15/h4-6,11,17H,7-10,16H2,1-3H3. The summed E-state index contributed by atoms with van der Waals surface area (Å²) in [7, 11) is 1.72. The van der Waals surface area contributed by atoms with Crippen molar-refractivity contribution >= 4 is 11.4 Å². The molecule has 1 aromatic rings. The molecule has 0 aliphatic carbocycles. The third kappa shape index (κ3) is 3.35. The van der Waals surface area contributed by atoms with Crippen molar-refractivity contribution in [2.24, 2.45) is 0 Å². The number of rotatable bonds is 6. The molecule has 0 radical (unpaired) electrons. The highest BCUT2D eigenvalue weighted by Gasteiger charge is 2.34. The Morgan fingerprint density at radius 3 is 2.85 bits per heavy atom. The van der Waals surface area contributed by atoms with Crippen LogP contribution < -0.4 is 15.8 Å². The largest absolute Gasteiger partial charge is 0.489 e. The quantitative estimate of drug-likeness (QED) is 0.783. The van der Waals surface area contributed by atoms with Crippen molar-refractivity contribution in [1.29, 1.82) is 0 Å². The van der Waals surface area contributed by atoms with Crippen LogP contribution in [0.15, 0.2) is 18.2 Å². The molecule has 20 heavy (non-hydrogen) atoms. The molecule has 1 saturated heterocycles.